The molecule has 2 aromatic carbocycles. The van der Waals surface area contributed by atoms with Crippen molar-refractivity contribution in [2.24, 2.45) is 7.05 Å². The van der Waals surface area contributed by atoms with Crippen molar-refractivity contribution in [2.75, 3.05) is 37.6 Å². The van der Waals surface area contributed by atoms with Crippen LogP contribution in [0.3, 0.4) is 0 Å². The monoisotopic (exact) mass is 483 g/mol. The van der Waals surface area contributed by atoms with Gasteiger partial charge < -0.3 is 9.47 Å². The van der Waals surface area contributed by atoms with Crippen LogP contribution in [0.25, 0.3) is 11.3 Å². The highest BCUT2D eigenvalue weighted by atomic mass is 35.5. The Morgan fingerprint density at radius 2 is 1.64 bits per heavy atom. The molecule has 1 saturated heterocycles. The summed E-state index contributed by atoms with van der Waals surface area (Å²) in [6, 6.07) is 18.1. The number of rotatable bonds is 8. The fraction of sp³-hybridized carbons (Fsp3) is 0.370. The molecule has 0 radical (unpaired) electrons. The van der Waals surface area contributed by atoms with Crippen molar-refractivity contribution in [1.29, 1.82) is 0 Å². The number of piperazine rings is 1. The molecule has 0 bridgehead atoms. The first-order chi connectivity index (χ1) is 15.9. The first-order valence-corrected chi connectivity index (χ1v) is 12.4. The van der Waals surface area contributed by atoms with Gasteiger partial charge in [-0.25, -0.2) is 0 Å². The normalized spacial score (nSPS) is 14.6. The molecule has 1 fully saturated rings. The van der Waals surface area contributed by atoms with Gasteiger partial charge in [-0.3, -0.25) is 9.69 Å². The van der Waals surface area contributed by atoms with Crippen LogP contribution in [-0.4, -0.2) is 48.0 Å². The lowest BCUT2D eigenvalue weighted by atomic mass is 10.0. The smallest absolute Gasteiger partial charge is 0.164 e. The van der Waals surface area contributed by atoms with Gasteiger partial charge in [0.1, 0.15) is 0 Å². The molecular formula is C27H31Cl2N3O. The average molecular weight is 484 g/mol. The Bertz CT molecular complexity index is 1100. The third kappa shape index (κ3) is 5.63. The van der Waals surface area contributed by atoms with Gasteiger partial charge in [0.25, 0.3) is 0 Å². The predicted octanol–water partition coefficient (Wildman–Crippen LogP) is 6.48. The summed E-state index contributed by atoms with van der Waals surface area (Å²) in [5.41, 5.74) is 5.25. The molecule has 0 amide bonds. The fourth-order valence-electron chi connectivity index (χ4n) is 4.53. The summed E-state index contributed by atoms with van der Waals surface area (Å²) in [5.74, 6) is 0.245. The SMILES string of the molecule is Cc1c(C(=O)CCCCN2CCN(c3ccc(Cl)c(Cl)c3)CC2)cc(-c2ccccc2)n1C. The molecule has 6 heteroatoms. The maximum absolute atomic E-state index is 12.9. The molecule has 0 spiro atoms. The zero-order chi connectivity index (χ0) is 23.4. The van der Waals surface area contributed by atoms with Gasteiger partial charge >= 0.3 is 0 Å². The minimum Gasteiger partial charge on any atom is -0.369 e. The minimum absolute atomic E-state index is 0.245. The Labute approximate surface area is 206 Å². The van der Waals surface area contributed by atoms with Crippen LogP contribution in [0, 0.1) is 6.92 Å². The summed E-state index contributed by atoms with van der Waals surface area (Å²) in [6.45, 7) is 7.06. The summed E-state index contributed by atoms with van der Waals surface area (Å²) in [4.78, 5) is 17.7. The lowest BCUT2D eigenvalue weighted by Gasteiger charge is -2.36. The molecule has 1 aliphatic rings. The van der Waals surface area contributed by atoms with Crippen LogP contribution in [0.4, 0.5) is 5.69 Å². The predicted molar refractivity (Wildman–Crippen MR) is 139 cm³/mol. The van der Waals surface area contributed by atoms with Gasteiger partial charge in [-0.15, -0.1) is 0 Å². The Balaban J connectivity index is 1.23. The molecule has 2 heterocycles. The summed E-state index contributed by atoms with van der Waals surface area (Å²) < 4.78 is 2.12. The highest BCUT2D eigenvalue weighted by Crippen LogP contribution is 2.28. The van der Waals surface area contributed by atoms with Gasteiger partial charge in [-0.2, -0.15) is 0 Å². The van der Waals surface area contributed by atoms with E-state index in [2.05, 4.69) is 32.6 Å². The molecule has 0 N–H and O–H groups in total. The van der Waals surface area contributed by atoms with Crippen LogP contribution in [0.1, 0.15) is 35.3 Å². The zero-order valence-electron chi connectivity index (χ0n) is 19.4. The van der Waals surface area contributed by atoms with E-state index >= 15 is 0 Å². The maximum atomic E-state index is 12.9. The number of benzene rings is 2. The highest BCUT2D eigenvalue weighted by molar-refractivity contribution is 6.42. The number of aromatic nitrogens is 1. The van der Waals surface area contributed by atoms with E-state index in [4.69, 9.17) is 23.2 Å². The molecule has 4 rings (SSSR count). The van der Waals surface area contributed by atoms with E-state index in [1.54, 1.807) is 0 Å². The van der Waals surface area contributed by atoms with Crippen LogP contribution in [-0.2, 0) is 7.05 Å². The number of Topliss-reactive ketones (excluding diaryl/α,β-unsaturated/α-hetero) is 1. The zero-order valence-corrected chi connectivity index (χ0v) is 20.9. The van der Waals surface area contributed by atoms with E-state index in [1.807, 2.05) is 50.4 Å². The van der Waals surface area contributed by atoms with Crippen molar-refractivity contribution in [3.63, 3.8) is 0 Å². The van der Waals surface area contributed by atoms with Crippen LogP contribution in [0.15, 0.2) is 54.6 Å². The molecule has 1 aliphatic heterocycles. The van der Waals surface area contributed by atoms with Crippen LogP contribution >= 0.6 is 23.2 Å². The Hall–Kier alpha value is -2.27. The molecule has 174 valence electrons. The molecule has 0 atom stereocenters. The van der Waals surface area contributed by atoms with Crippen molar-refractivity contribution in [2.45, 2.75) is 26.2 Å². The second-order valence-corrected chi connectivity index (χ2v) is 9.58. The number of hydrogen-bond acceptors (Lipinski definition) is 3. The maximum Gasteiger partial charge on any atom is 0.164 e. The number of carbonyl (C=O) groups excluding carboxylic acids is 1. The lowest BCUT2D eigenvalue weighted by Crippen LogP contribution is -2.46. The van der Waals surface area contributed by atoms with Crippen molar-refractivity contribution in [3.05, 3.63) is 75.9 Å². The van der Waals surface area contributed by atoms with Crippen LogP contribution < -0.4 is 4.90 Å². The number of carbonyl (C=O) groups is 1. The van der Waals surface area contributed by atoms with E-state index < -0.39 is 0 Å². The van der Waals surface area contributed by atoms with Crippen molar-refractivity contribution in [3.8, 4) is 11.3 Å². The molecule has 0 aliphatic carbocycles. The molecule has 1 aromatic heterocycles. The van der Waals surface area contributed by atoms with Gasteiger partial charge in [0.2, 0.25) is 0 Å². The number of unbranched alkanes of at least 4 members (excludes halogenated alkanes) is 1. The summed E-state index contributed by atoms with van der Waals surface area (Å²) in [5, 5.41) is 1.20. The summed E-state index contributed by atoms with van der Waals surface area (Å²) >= 11 is 12.2. The van der Waals surface area contributed by atoms with Crippen LogP contribution in [0.5, 0.6) is 0 Å². The Morgan fingerprint density at radius 1 is 0.909 bits per heavy atom. The van der Waals surface area contributed by atoms with Crippen molar-refractivity contribution >= 4 is 34.7 Å². The quantitative estimate of drug-likeness (QED) is 0.271. The van der Waals surface area contributed by atoms with Crippen LogP contribution in [0.2, 0.25) is 10.0 Å². The number of nitrogens with zero attached hydrogens (tertiary/aromatic N) is 3. The Morgan fingerprint density at radius 3 is 2.33 bits per heavy atom. The molecule has 33 heavy (non-hydrogen) atoms. The van der Waals surface area contributed by atoms with Crippen molar-refractivity contribution < 1.29 is 4.79 Å². The average Bonchev–Trinajstić information content (AvgIpc) is 3.14. The highest BCUT2D eigenvalue weighted by Gasteiger charge is 2.19. The van der Waals surface area contributed by atoms with E-state index in [0.29, 0.717) is 16.5 Å². The van der Waals surface area contributed by atoms with E-state index in [0.717, 1.165) is 73.8 Å². The van der Waals surface area contributed by atoms with Gasteiger partial charge in [0.05, 0.1) is 10.0 Å². The third-order valence-corrected chi connectivity index (χ3v) is 7.41. The topological polar surface area (TPSA) is 28.5 Å². The number of hydrogen-bond donors (Lipinski definition) is 0. The van der Waals surface area contributed by atoms with E-state index in [-0.39, 0.29) is 5.78 Å². The second-order valence-electron chi connectivity index (χ2n) is 8.76. The summed E-state index contributed by atoms with van der Waals surface area (Å²) in [6.07, 6.45) is 2.55. The van der Waals surface area contributed by atoms with E-state index in [1.165, 1.54) is 0 Å². The Kier molecular flexibility index (Phi) is 7.79. The molecule has 0 saturated carbocycles. The molecular weight excluding hydrogens is 453 g/mol. The first kappa shape index (κ1) is 23.9. The largest absolute Gasteiger partial charge is 0.369 e. The van der Waals surface area contributed by atoms with Gasteiger partial charge in [-0.1, -0.05) is 53.5 Å². The van der Waals surface area contributed by atoms with Gasteiger partial charge in [-0.05, 0) is 56.1 Å². The molecule has 0 unspecified atom stereocenters. The molecule has 3 aromatic rings. The molecule has 4 nitrogen and oxygen atoms in total. The van der Waals surface area contributed by atoms with E-state index in [9.17, 15) is 4.79 Å². The third-order valence-electron chi connectivity index (χ3n) is 6.67. The lowest BCUT2D eigenvalue weighted by molar-refractivity contribution is 0.0977. The minimum atomic E-state index is 0.245. The first-order valence-electron chi connectivity index (χ1n) is 11.6. The standard InChI is InChI=1S/C27H31Cl2N3O/c1-20-23(19-26(30(20)2)21-8-4-3-5-9-21)27(33)10-6-7-13-31-14-16-32(17-15-31)22-11-12-24(28)25(29)18-22/h3-5,8-9,11-12,18-19H,6-7,10,13-17H2,1-2H3. The van der Waals surface area contributed by atoms with Gasteiger partial charge in [0, 0.05) is 62.3 Å². The number of halogens is 2. The number of anilines is 1. The summed E-state index contributed by atoms with van der Waals surface area (Å²) in [7, 11) is 2.03. The fourth-order valence-corrected chi connectivity index (χ4v) is 4.83. The second kappa shape index (κ2) is 10.8. The van der Waals surface area contributed by atoms with Crippen molar-refractivity contribution in [1.82, 2.24) is 9.47 Å². The number of ketones is 1. The van der Waals surface area contributed by atoms with Gasteiger partial charge in [0.15, 0.2) is 5.78 Å².